The fourth-order valence-electron chi connectivity index (χ4n) is 2.35. The minimum absolute atomic E-state index is 0.406. The van der Waals surface area contributed by atoms with Gasteiger partial charge in [-0.3, -0.25) is 4.79 Å². The smallest absolute Gasteiger partial charge is 0.314 e. The Morgan fingerprint density at radius 3 is 2.37 bits per heavy atom. The molecule has 1 aliphatic rings. The second-order valence-electron chi connectivity index (χ2n) is 4.70. The number of ether oxygens (including phenoxy) is 3. The Morgan fingerprint density at radius 2 is 1.95 bits per heavy atom. The van der Waals surface area contributed by atoms with Crippen LogP contribution >= 0.6 is 0 Å². The summed E-state index contributed by atoms with van der Waals surface area (Å²) in [4.78, 5) is 11.5. The minimum atomic E-state index is -0.831. The zero-order chi connectivity index (χ0) is 14.0. The number of rotatable bonds is 6. The predicted octanol–water partition coefficient (Wildman–Crippen LogP) is 1.97. The van der Waals surface area contributed by atoms with Gasteiger partial charge in [-0.15, -0.1) is 0 Å². The van der Waals surface area contributed by atoms with Crippen LogP contribution in [0.5, 0.6) is 11.5 Å². The van der Waals surface area contributed by atoms with E-state index in [0.29, 0.717) is 36.5 Å². The quantitative estimate of drug-likeness (QED) is 0.852. The molecule has 2 rings (SSSR count). The van der Waals surface area contributed by atoms with Gasteiger partial charge in [0.05, 0.1) is 26.2 Å². The lowest BCUT2D eigenvalue weighted by Crippen LogP contribution is -2.21. The molecule has 1 N–H and O–H groups in total. The molecule has 1 saturated carbocycles. The number of carboxylic acid groups (broad SMARTS) is 1. The van der Waals surface area contributed by atoms with Gasteiger partial charge in [-0.2, -0.15) is 0 Å². The van der Waals surface area contributed by atoms with E-state index in [1.165, 1.54) is 7.11 Å². The first-order valence-corrected chi connectivity index (χ1v) is 6.06. The first kappa shape index (κ1) is 13.7. The molecule has 0 aromatic heterocycles. The van der Waals surface area contributed by atoms with Crippen LogP contribution in [0.25, 0.3) is 0 Å². The van der Waals surface area contributed by atoms with Crippen LogP contribution in [-0.4, -0.2) is 32.4 Å². The first-order chi connectivity index (χ1) is 9.08. The van der Waals surface area contributed by atoms with Crippen molar-refractivity contribution in [3.63, 3.8) is 0 Å². The summed E-state index contributed by atoms with van der Waals surface area (Å²) in [5, 5.41) is 9.43. The van der Waals surface area contributed by atoms with Crippen molar-refractivity contribution in [2.45, 2.75) is 24.9 Å². The molecule has 0 radical (unpaired) electrons. The predicted molar refractivity (Wildman–Crippen MR) is 68.8 cm³/mol. The molecule has 0 amide bonds. The van der Waals surface area contributed by atoms with Crippen molar-refractivity contribution in [3.05, 3.63) is 23.3 Å². The second-order valence-corrected chi connectivity index (χ2v) is 4.70. The Kier molecular flexibility index (Phi) is 3.66. The van der Waals surface area contributed by atoms with Gasteiger partial charge in [0.25, 0.3) is 0 Å². The Morgan fingerprint density at radius 1 is 1.26 bits per heavy atom. The van der Waals surface area contributed by atoms with Gasteiger partial charge in [-0.25, -0.2) is 0 Å². The fourth-order valence-corrected chi connectivity index (χ4v) is 2.35. The number of carbonyl (C=O) groups is 1. The molecular formula is C14H18O5. The largest absolute Gasteiger partial charge is 0.493 e. The van der Waals surface area contributed by atoms with Crippen LogP contribution in [0.15, 0.2) is 12.1 Å². The SMILES string of the molecule is COCc1cc(OC)c(OC)c(C2(C(=O)O)CC2)c1. The summed E-state index contributed by atoms with van der Waals surface area (Å²) in [7, 11) is 4.66. The van der Waals surface area contributed by atoms with Crippen LogP contribution < -0.4 is 9.47 Å². The first-order valence-electron chi connectivity index (χ1n) is 6.06. The van der Waals surface area contributed by atoms with Crippen LogP contribution in [0, 0.1) is 0 Å². The van der Waals surface area contributed by atoms with Crippen LogP contribution in [-0.2, 0) is 21.6 Å². The highest BCUT2D eigenvalue weighted by molar-refractivity contribution is 5.86. The van der Waals surface area contributed by atoms with Crippen molar-refractivity contribution in [2.75, 3.05) is 21.3 Å². The molecule has 19 heavy (non-hydrogen) atoms. The van der Waals surface area contributed by atoms with E-state index >= 15 is 0 Å². The summed E-state index contributed by atoms with van der Waals surface area (Å²) in [6, 6.07) is 3.65. The van der Waals surface area contributed by atoms with E-state index in [1.54, 1.807) is 14.2 Å². The normalized spacial score (nSPS) is 15.9. The molecule has 0 aliphatic heterocycles. The topological polar surface area (TPSA) is 65.0 Å². The molecule has 5 heteroatoms. The summed E-state index contributed by atoms with van der Waals surface area (Å²) < 4.78 is 15.7. The highest BCUT2D eigenvalue weighted by Gasteiger charge is 2.54. The molecule has 0 saturated heterocycles. The third-order valence-corrected chi connectivity index (χ3v) is 3.52. The molecule has 0 bridgehead atoms. The van der Waals surface area contributed by atoms with Crippen molar-refractivity contribution < 1.29 is 24.1 Å². The minimum Gasteiger partial charge on any atom is -0.493 e. The third kappa shape index (κ3) is 2.26. The molecule has 1 aliphatic carbocycles. The Balaban J connectivity index is 2.56. The lowest BCUT2D eigenvalue weighted by Gasteiger charge is -2.19. The van der Waals surface area contributed by atoms with E-state index in [0.717, 1.165) is 5.56 Å². The van der Waals surface area contributed by atoms with E-state index in [9.17, 15) is 9.90 Å². The summed E-state index contributed by atoms with van der Waals surface area (Å²) in [6.07, 6.45) is 1.25. The summed E-state index contributed by atoms with van der Waals surface area (Å²) in [5.41, 5.74) is 0.721. The number of aliphatic carboxylic acids is 1. The van der Waals surface area contributed by atoms with E-state index in [2.05, 4.69) is 0 Å². The van der Waals surface area contributed by atoms with Crippen molar-refractivity contribution in [2.24, 2.45) is 0 Å². The molecule has 1 aromatic carbocycles. The average Bonchev–Trinajstić information content (AvgIpc) is 3.19. The summed E-state index contributed by atoms with van der Waals surface area (Å²) in [6.45, 7) is 0.406. The molecule has 0 atom stereocenters. The number of hydrogen-bond donors (Lipinski definition) is 1. The Hall–Kier alpha value is -1.75. The van der Waals surface area contributed by atoms with Gasteiger partial charge < -0.3 is 19.3 Å². The monoisotopic (exact) mass is 266 g/mol. The summed E-state index contributed by atoms with van der Waals surface area (Å²) in [5.74, 6) is 0.226. The lowest BCUT2D eigenvalue weighted by molar-refractivity contribution is -0.140. The van der Waals surface area contributed by atoms with E-state index < -0.39 is 11.4 Å². The van der Waals surface area contributed by atoms with Crippen molar-refractivity contribution >= 4 is 5.97 Å². The Bertz CT molecular complexity index is 491. The Labute approximate surface area is 112 Å². The molecule has 1 fully saturated rings. The van der Waals surface area contributed by atoms with Crippen molar-refractivity contribution in [1.82, 2.24) is 0 Å². The van der Waals surface area contributed by atoms with Gasteiger partial charge in [0.2, 0.25) is 0 Å². The molecule has 0 spiro atoms. The molecule has 0 unspecified atom stereocenters. The van der Waals surface area contributed by atoms with E-state index in [1.807, 2.05) is 12.1 Å². The number of benzene rings is 1. The zero-order valence-electron chi connectivity index (χ0n) is 11.4. The third-order valence-electron chi connectivity index (χ3n) is 3.52. The van der Waals surface area contributed by atoms with Crippen LogP contribution in [0.3, 0.4) is 0 Å². The van der Waals surface area contributed by atoms with Crippen LogP contribution in [0.2, 0.25) is 0 Å². The summed E-state index contributed by atoms with van der Waals surface area (Å²) >= 11 is 0. The molecular weight excluding hydrogens is 248 g/mol. The molecule has 1 aromatic rings. The van der Waals surface area contributed by atoms with Crippen LogP contribution in [0.1, 0.15) is 24.0 Å². The highest BCUT2D eigenvalue weighted by Crippen LogP contribution is 2.53. The zero-order valence-corrected chi connectivity index (χ0v) is 11.4. The molecule has 5 nitrogen and oxygen atoms in total. The maximum atomic E-state index is 11.5. The number of hydrogen-bond acceptors (Lipinski definition) is 4. The highest BCUT2D eigenvalue weighted by atomic mass is 16.5. The molecule has 104 valence electrons. The van der Waals surface area contributed by atoms with Gasteiger partial charge in [0.15, 0.2) is 11.5 Å². The lowest BCUT2D eigenvalue weighted by atomic mass is 9.93. The van der Waals surface area contributed by atoms with Gasteiger partial charge in [0.1, 0.15) is 0 Å². The van der Waals surface area contributed by atoms with Gasteiger partial charge in [0, 0.05) is 12.7 Å². The van der Waals surface area contributed by atoms with Crippen molar-refractivity contribution in [3.8, 4) is 11.5 Å². The van der Waals surface area contributed by atoms with Gasteiger partial charge >= 0.3 is 5.97 Å². The molecule has 0 heterocycles. The maximum Gasteiger partial charge on any atom is 0.314 e. The maximum absolute atomic E-state index is 11.5. The van der Waals surface area contributed by atoms with Gasteiger partial charge in [-0.05, 0) is 30.5 Å². The fraction of sp³-hybridized carbons (Fsp3) is 0.500. The average molecular weight is 266 g/mol. The second kappa shape index (κ2) is 5.09. The number of carboxylic acids is 1. The van der Waals surface area contributed by atoms with Crippen molar-refractivity contribution in [1.29, 1.82) is 0 Å². The van der Waals surface area contributed by atoms with E-state index in [4.69, 9.17) is 14.2 Å². The standard InChI is InChI=1S/C14H18O5/c1-17-8-9-6-10(14(4-5-14)13(15)16)12(19-3)11(7-9)18-2/h6-7H,4-5,8H2,1-3H3,(H,15,16). The van der Waals surface area contributed by atoms with E-state index in [-0.39, 0.29) is 0 Å². The number of methoxy groups -OCH3 is 3. The van der Waals surface area contributed by atoms with Gasteiger partial charge in [-0.1, -0.05) is 0 Å². The van der Waals surface area contributed by atoms with Crippen LogP contribution in [0.4, 0.5) is 0 Å².